The quantitative estimate of drug-likeness (QED) is 0.435. The van der Waals surface area contributed by atoms with Gasteiger partial charge in [-0.15, -0.1) is 0 Å². The predicted molar refractivity (Wildman–Crippen MR) is 129 cm³/mol. The van der Waals surface area contributed by atoms with Crippen molar-refractivity contribution in [2.45, 2.75) is 33.4 Å². The summed E-state index contributed by atoms with van der Waals surface area (Å²) in [6, 6.07) is 18.2. The van der Waals surface area contributed by atoms with E-state index in [4.69, 9.17) is 4.74 Å². The molecule has 2 N–H and O–H groups in total. The Balaban J connectivity index is 1.63. The Morgan fingerprint density at radius 3 is 2.38 bits per heavy atom. The third kappa shape index (κ3) is 5.51. The normalized spacial score (nSPS) is 10.9. The molecule has 0 spiro atoms. The first-order valence-electron chi connectivity index (χ1n) is 10.9. The van der Waals surface area contributed by atoms with Crippen LogP contribution in [-0.4, -0.2) is 42.9 Å². The van der Waals surface area contributed by atoms with Gasteiger partial charge in [-0.25, -0.2) is 4.79 Å². The molecule has 0 fully saturated rings. The van der Waals surface area contributed by atoms with E-state index in [2.05, 4.69) is 34.0 Å². The van der Waals surface area contributed by atoms with Crippen LogP contribution in [0.1, 0.15) is 39.3 Å². The Labute approximate surface area is 190 Å². The first kappa shape index (κ1) is 23.4. The molecule has 0 aliphatic rings. The molecule has 1 aromatic heterocycles. The summed E-state index contributed by atoms with van der Waals surface area (Å²) in [6.07, 6.45) is 0.971. The lowest BCUT2D eigenvalue weighted by Crippen LogP contribution is -2.24. The van der Waals surface area contributed by atoms with Crippen molar-refractivity contribution in [2.24, 2.45) is 0 Å². The second-order valence-corrected chi connectivity index (χ2v) is 8.05. The molecule has 0 saturated heterocycles. The third-order valence-electron chi connectivity index (χ3n) is 5.97. The molecule has 2 aromatic carbocycles. The Hall–Kier alpha value is -3.25. The molecule has 0 bridgehead atoms. The van der Waals surface area contributed by atoms with Crippen molar-refractivity contribution in [3.8, 4) is 5.75 Å². The van der Waals surface area contributed by atoms with Crippen molar-refractivity contribution in [1.29, 1.82) is 0 Å². The predicted octanol–water partition coefficient (Wildman–Crippen LogP) is 4.48. The molecule has 0 unspecified atom stereocenters. The molecular formula is C26H33N3O3. The number of aromatic carboxylic acids is 1. The zero-order valence-electron chi connectivity index (χ0n) is 19.4. The molecule has 3 rings (SSSR count). The number of para-hydroxylation sites is 1. The molecule has 0 aliphatic carbocycles. The van der Waals surface area contributed by atoms with Crippen LogP contribution < -0.4 is 15.0 Å². The summed E-state index contributed by atoms with van der Waals surface area (Å²) in [4.78, 5) is 14.2. The molecule has 32 heavy (non-hydrogen) atoms. The summed E-state index contributed by atoms with van der Waals surface area (Å²) in [7, 11) is 3.73. The lowest BCUT2D eigenvalue weighted by atomic mass is 10.1. The number of nitrogens with zero attached hydrogens (tertiary/aromatic N) is 2. The number of anilines is 1. The van der Waals surface area contributed by atoms with Gasteiger partial charge in [0, 0.05) is 49.3 Å². The van der Waals surface area contributed by atoms with Crippen LogP contribution in [0.2, 0.25) is 0 Å². The van der Waals surface area contributed by atoms with Crippen LogP contribution in [0.5, 0.6) is 5.75 Å². The van der Waals surface area contributed by atoms with Crippen LogP contribution in [0.25, 0.3) is 0 Å². The number of carboxylic acid groups (broad SMARTS) is 1. The van der Waals surface area contributed by atoms with Crippen molar-refractivity contribution < 1.29 is 14.6 Å². The smallest absolute Gasteiger partial charge is 0.337 e. The Morgan fingerprint density at radius 1 is 1.06 bits per heavy atom. The molecule has 0 saturated carbocycles. The largest absolute Gasteiger partial charge is 0.497 e. The number of nitrogens with one attached hydrogen (secondary N) is 1. The number of ether oxygens (including phenoxy) is 1. The van der Waals surface area contributed by atoms with Crippen molar-refractivity contribution in [3.63, 3.8) is 0 Å². The standard InChI is InChI=1S/C26H33N3O3/c1-19-24(17-27-15-8-16-28(3)22-9-6-5-7-10-22)25(26(30)31)20(2)29(19)18-21-11-13-23(32-4)14-12-21/h5-7,9-14,27H,8,15-18H2,1-4H3,(H,30,31). The molecule has 0 radical (unpaired) electrons. The first-order chi connectivity index (χ1) is 15.4. The fraction of sp³-hybridized carbons (Fsp3) is 0.346. The Bertz CT molecular complexity index is 1030. The van der Waals surface area contributed by atoms with E-state index < -0.39 is 5.97 Å². The summed E-state index contributed by atoms with van der Waals surface area (Å²) in [6.45, 7) is 6.81. The Morgan fingerprint density at radius 2 is 1.75 bits per heavy atom. The van der Waals surface area contributed by atoms with Gasteiger partial charge in [-0.1, -0.05) is 30.3 Å². The van der Waals surface area contributed by atoms with E-state index in [-0.39, 0.29) is 0 Å². The van der Waals surface area contributed by atoms with Crippen molar-refractivity contribution in [2.75, 3.05) is 32.1 Å². The molecule has 3 aromatic rings. The maximum absolute atomic E-state index is 12.0. The first-order valence-corrected chi connectivity index (χ1v) is 10.9. The van der Waals surface area contributed by atoms with Gasteiger partial charge in [0.2, 0.25) is 0 Å². The fourth-order valence-electron chi connectivity index (χ4n) is 4.07. The summed E-state index contributed by atoms with van der Waals surface area (Å²) in [5.74, 6) is -0.0663. The molecule has 0 amide bonds. The topological polar surface area (TPSA) is 66.7 Å². The number of hydrogen-bond donors (Lipinski definition) is 2. The van der Waals surface area contributed by atoms with Crippen LogP contribution >= 0.6 is 0 Å². The summed E-state index contributed by atoms with van der Waals surface area (Å²) in [5.41, 5.74) is 5.34. The van der Waals surface area contributed by atoms with E-state index in [0.717, 1.165) is 47.8 Å². The van der Waals surface area contributed by atoms with Crippen molar-refractivity contribution in [1.82, 2.24) is 9.88 Å². The van der Waals surface area contributed by atoms with Crippen LogP contribution in [-0.2, 0) is 13.1 Å². The highest BCUT2D eigenvalue weighted by Crippen LogP contribution is 2.24. The van der Waals surface area contributed by atoms with Gasteiger partial charge in [0.25, 0.3) is 0 Å². The fourth-order valence-corrected chi connectivity index (χ4v) is 4.07. The van der Waals surface area contributed by atoms with Crippen molar-refractivity contribution >= 4 is 11.7 Å². The maximum Gasteiger partial charge on any atom is 0.337 e. The molecule has 1 heterocycles. The lowest BCUT2D eigenvalue weighted by molar-refractivity contribution is 0.0694. The number of benzene rings is 2. The number of aromatic nitrogens is 1. The highest BCUT2D eigenvalue weighted by molar-refractivity contribution is 5.91. The number of rotatable bonds is 11. The summed E-state index contributed by atoms with van der Waals surface area (Å²) < 4.78 is 7.32. The van der Waals surface area contributed by atoms with E-state index in [1.54, 1.807) is 7.11 Å². The minimum absolute atomic E-state index is 0.407. The van der Waals surface area contributed by atoms with E-state index in [1.807, 2.05) is 56.3 Å². The molecule has 6 heteroatoms. The van der Waals surface area contributed by atoms with E-state index in [9.17, 15) is 9.90 Å². The Kier molecular flexibility index (Phi) is 7.95. The van der Waals surface area contributed by atoms with E-state index >= 15 is 0 Å². The summed E-state index contributed by atoms with van der Waals surface area (Å²) in [5, 5.41) is 13.3. The lowest BCUT2D eigenvalue weighted by Gasteiger charge is -2.19. The zero-order chi connectivity index (χ0) is 23.1. The second kappa shape index (κ2) is 10.9. The van der Waals surface area contributed by atoms with Gasteiger partial charge in [-0.2, -0.15) is 0 Å². The monoisotopic (exact) mass is 435 g/mol. The van der Waals surface area contributed by atoms with Crippen LogP contribution in [0.3, 0.4) is 0 Å². The van der Waals surface area contributed by atoms with E-state index in [0.29, 0.717) is 18.7 Å². The third-order valence-corrected chi connectivity index (χ3v) is 5.97. The maximum atomic E-state index is 12.0. The van der Waals surface area contributed by atoms with Gasteiger partial charge in [-0.05, 0) is 56.6 Å². The average molecular weight is 436 g/mol. The second-order valence-electron chi connectivity index (χ2n) is 8.05. The SMILES string of the molecule is COc1ccc(Cn2c(C)c(CNCCCN(C)c3ccccc3)c(C(=O)O)c2C)cc1. The minimum Gasteiger partial charge on any atom is -0.497 e. The average Bonchev–Trinajstić information content (AvgIpc) is 3.04. The highest BCUT2D eigenvalue weighted by atomic mass is 16.5. The van der Waals surface area contributed by atoms with Crippen LogP contribution in [0.4, 0.5) is 5.69 Å². The molecule has 6 nitrogen and oxygen atoms in total. The van der Waals surface area contributed by atoms with Gasteiger partial charge in [0.1, 0.15) is 5.75 Å². The van der Waals surface area contributed by atoms with Gasteiger partial charge in [-0.3, -0.25) is 0 Å². The molecular weight excluding hydrogens is 402 g/mol. The number of carboxylic acids is 1. The van der Waals surface area contributed by atoms with Gasteiger partial charge in [0.05, 0.1) is 12.7 Å². The molecule has 0 atom stereocenters. The van der Waals surface area contributed by atoms with E-state index in [1.165, 1.54) is 5.69 Å². The number of carbonyl (C=O) groups is 1. The number of methoxy groups -OCH3 is 1. The molecule has 0 aliphatic heterocycles. The van der Waals surface area contributed by atoms with Gasteiger partial charge in [0.15, 0.2) is 0 Å². The zero-order valence-corrected chi connectivity index (χ0v) is 19.4. The number of hydrogen-bond acceptors (Lipinski definition) is 4. The van der Waals surface area contributed by atoms with Gasteiger partial charge >= 0.3 is 5.97 Å². The minimum atomic E-state index is -0.875. The van der Waals surface area contributed by atoms with Crippen molar-refractivity contribution in [3.05, 3.63) is 82.7 Å². The highest BCUT2D eigenvalue weighted by Gasteiger charge is 2.22. The van der Waals surface area contributed by atoms with Crippen LogP contribution in [0.15, 0.2) is 54.6 Å². The van der Waals surface area contributed by atoms with Gasteiger partial charge < -0.3 is 24.6 Å². The summed E-state index contributed by atoms with van der Waals surface area (Å²) >= 11 is 0. The molecule has 170 valence electrons. The van der Waals surface area contributed by atoms with Crippen LogP contribution in [0, 0.1) is 13.8 Å².